The van der Waals surface area contributed by atoms with E-state index in [0.29, 0.717) is 5.95 Å². The Morgan fingerprint density at radius 2 is 2.26 bits per heavy atom. The number of anilines is 1. The standard InChI is InChI=1S/C14H19N5/c1-9-5-11(10(2)17-9)7-19-4-3-13-12(8-19)6-16-14(15)18-13/h5-6,17H,3-4,7-8H2,1-2H3,(H2,15,16,18). The monoisotopic (exact) mass is 257 g/mol. The van der Waals surface area contributed by atoms with Gasteiger partial charge in [-0.15, -0.1) is 0 Å². The summed E-state index contributed by atoms with van der Waals surface area (Å²) >= 11 is 0. The van der Waals surface area contributed by atoms with Crippen LogP contribution in [0.2, 0.25) is 0 Å². The van der Waals surface area contributed by atoms with Gasteiger partial charge in [0.15, 0.2) is 0 Å². The van der Waals surface area contributed by atoms with Crippen LogP contribution in [0.25, 0.3) is 0 Å². The van der Waals surface area contributed by atoms with E-state index in [-0.39, 0.29) is 0 Å². The van der Waals surface area contributed by atoms with Crippen LogP contribution >= 0.6 is 0 Å². The molecular weight excluding hydrogens is 238 g/mol. The fourth-order valence-electron chi connectivity index (χ4n) is 2.71. The van der Waals surface area contributed by atoms with E-state index in [0.717, 1.165) is 31.7 Å². The lowest BCUT2D eigenvalue weighted by Gasteiger charge is -2.27. The second-order valence-corrected chi connectivity index (χ2v) is 5.26. The topological polar surface area (TPSA) is 70.8 Å². The number of nitrogens with two attached hydrogens (primary N) is 1. The maximum atomic E-state index is 5.62. The Morgan fingerprint density at radius 3 is 3.00 bits per heavy atom. The summed E-state index contributed by atoms with van der Waals surface area (Å²) < 4.78 is 0. The molecule has 0 bridgehead atoms. The zero-order valence-corrected chi connectivity index (χ0v) is 11.4. The van der Waals surface area contributed by atoms with Crippen LogP contribution in [0, 0.1) is 13.8 Å². The lowest BCUT2D eigenvalue weighted by Crippen LogP contribution is -2.31. The number of fused-ring (bicyclic) bond motifs is 1. The van der Waals surface area contributed by atoms with Crippen molar-refractivity contribution in [2.75, 3.05) is 12.3 Å². The first-order valence-electron chi connectivity index (χ1n) is 6.59. The predicted molar refractivity (Wildman–Crippen MR) is 74.5 cm³/mol. The van der Waals surface area contributed by atoms with Gasteiger partial charge in [0.05, 0.1) is 5.69 Å². The van der Waals surface area contributed by atoms with Crippen LogP contribution in [-0.4, -0.2) is 26.4 Å². The molecule has 2 aromatic rings. The predicted octanol–water partition coefficient (Wildman–Crippen LogP) is 1.56. The highest BCUT2D eigenvalue weighted by Crippen LogP contribution is 2.20. The van der Waals surface area contributed by atoms with Gasteiger partial charge >= 0.3 is 0 Å². The van der Waals surface area contributed by atoms with Crippen LogP contribution in [0.4, 0.5) is 5.95 Å². The smallest absolute Gasteiger partial charge is 0.220 e. The van der Waals surface area contributed by atoms with Crippen molar-refractivity contribution in [3.63, 3.8) is 0 Å². The number of H-pyrrole nitrogens is 1. The van der Waals surface area contributed by atoms with Gasteiger partial charge in [-0.1, -0.05) is 0 Å². The number of nitrogens with zero attached hydrogens (tertiary/aromatic N) is 3. The Labute approximate surface area is 112 Å². The van der Waals surface area contributed by atoms with Crippen LogP contribution in [0.1, 0.15) is 28.2 Å². The average molecular weight is 257 g/mol. The summed E-state index contributed by atoms with van der Waals surface area (Å²) in [6.07, 6.45) is 2.81. The summed E-state index contributed by atoms with van der Waals surface area (Å²) in [5, 5.41) is 0. The molecule has 0 radical (unpaired) electrons. The average Bonchev–Trinajstić information content (AvgIpc) is 2.68. The van der Waals surface area contributed by atoms with E-state index in [4.69, 9.17) is 5.73 Å². The highest BCUT2D eigenvalue weighted by molar-refractivity contribution is 5.28. The van der Waals surface area contributed by atoms with E-state index in [1.165, 1.54) is 22.5 Å². The molecule has 2 aromatic heterocycles. The maximum Gasteiger partial charge on any atom is 0.220 e. The first kappa shape index (κ1) is 12.2. The number of hydrogen-bond acceptors (Lipinski definition) is 4. The normalized spacial score (nSPS) is 15.5. The van der Waals surface area contributed by atoms with Gasteiger partial charge in [0.1, 0.15) is 0 Å². The fourth-order valence-corrected chi connectivity index (χ4v) is 2.71. The van der Waals surface area contributed by atoms with Crippen LogP contribution in [0.3, 0.4) is 0 Å². The highest BCUT2D eigenvalue weighted by atomic mass is 15.1. The number of aryl methyl sites for hydroxylation is 2. The largest absolute Gasteiger partial charge is 0.368 e. The van der Waals surface area contributed by atoms with Crippen LogP contribution in [0.5, 0.6) is 0 Å². The van der Waals surface area contributed by atoms with Crippen LogP contribution in [-0.2, 0) is 19.5 Å². The van der Waals surface area contributed by atoms with Gasteiger partial charge in [-0.05, 0) is 25.5 Å². The summed E-state index contributed by atoms with van der Waals surface area (Å²) in [6.45, 7) is 7.12. The molecule has 0 saturated carbocycles. The third-order valence-corrected chi connectivity index (χ3v) is 3.68. The molecule has 1 aliphatic rings. The lowest BCUT2D eigenvalue weighted by molar-refractivity contribution is 0.242. The van der Waals surface area contributed by atoms with Gasteiger partial charge in [0.25, 0.3) is 0 Å². The van der Waals surface area contributed by atoms with Gasteiger partial charge < -0.3 is 10.7 Å². The molecule has 0 fully saturated rings. The minimum Gasteiger partial charge on any atom is -0.368 e. The summed E-state index contributed by atoms with van der Waals surface area (Å²) in [6, 6.07) is 2.23. The van der Waals surface area contributed by atoms with E-state index < -0.39 is 0 Å². The number of hydrogen-bond donors (Lipinski definition) is 2. The molecule has 0 aliphatic carbocycles. The van der Waals surface area contributed by atoms with E-state index in [1.807, 2.05) is 6.20 Å². The molecule has 3 heterocycles. The van der Waals surface area contributed by atoms with Crippen molar-refractivity contribution >= 4 is 5.95 Å². The first-order valence-corrected chi connectivity index (χ1v) is 6.59. The number of aromatic amines is 1. The summed E-state index contributed by atoms with van der Waals surface area (Å²) in [7, 11) is 0. The van der Waals surface area contributed by atoms with Crippen molar-refractivity contribution in [1.29, 1.82) is 0 Å². The summed E-state index contributed by atoms with van der Waals surface area (Å²) in [5.41, 5.74) is 11.8. The van der Waals surface area contributed by atoms with Crippen molar-refractivity contribution in [3.8, 4) is 0 Å². The van der Waals surface area contributed by atoms with Gasteiger partial charge in [-0.2, -0.15) is 0 Å². The van der Waals surface area contributed by atoms with Crippen molar-refractivity contribution in [2.45, 2.75) is 33.4 Å². The molecule has 0 saturated heterocycles. The highest BCUT2D eigenvalue weighted by Gasteiger charge is 2.19. The van der Waals surface area contributed by atoms with E-state index in [9.17, 15) is 0 Å². The van der Waals surface area contributed by atoms with E-state index in [1.54, 1.807) is 0 Å². The van der Waals surface area contributed by atoms with Crippen LogP contribution < -0.4 is 5.73 Å². The SMILES string of the molecule is Cc1cc(CN2CCc3nc(N)ncc3C2)c(C)[nH]1. The fraction of sp³-hybridized carbons (Fsp3) is 0.429. The van der Waals surface area contributed by atoms with Crippen LogP contribution in [0.15, 0.2) is 12.3 Å². The van der Waals surface area contributed by atoms with Gasteiger partial charge in [-0.25, -0.2) is 9.97 Å². The second-order valence-electron chi connectivity index (χ2n) is 5.26. The van der Waals surface area contributed by atoms with Crippen molar-refractivity contribution < 1.29 is 0 Å². The van der Waals surface area contributed by atoms with Crippen molar-refractivity contribution in [2.24, 2.45) is 0 Å². The van der Waals surface area contributed by atoms with Crippen molar-refractivity contribution in [1.82, 2.24) is 19.9 Å². The first-order chi connectivity index (χ1) is 9.11. The Balaban J connectivity index is 1.75. The lowest BCUT2D eigenvalue weighted by atomic mass is 10.1. The third-order valence-electron chi connectivity index (χ3n) is 3.68. The Morgan fingerprint density at radius 1 is 1.42 bits per heavy atom. The molecular formula is C14H19N5. The molecule has 0 amide bonds. The molecule has 3 rings (SSSR count). The molecule has 0 atom stereocenters. The molecule has 1 aliphatic heterocycles. The Bertz CT molecular complexity index is 602. The molecule has 0 unspecified atom stereocenters. The molecule has 5 heteroatoms. The van der Waals surface area contributed by atoms with E-state index >= 15 is 0 Å². The zero-order chi connectivity index (χ0) is 13.4. The van der Waals surface area contributed by atoms with Gasteiger partial charge in [0.2, 0.25) is 5.95 Å². The quantitative estimate of drug-likeness (QED) is 0.856. The molecule has 0 spiro atoms. The maximum absolute atomic E-state index is 5.62. The third kappa shape index (κ3) is 2.46. The Kier molecular flexibility index (Phi) is 2.98. The minimum atomic E-state index is 0.379. The molecule has 19 heavy (non-hydrogen) atoms. The molecule has 5 nitrogen and oxygen atoms in total. The number of rotatable bonds is 2. The summed E-state index contributed by atoms with van der Waals surface area (Å²) in [4.78, 5) is 14.2. The van der Waals surface area contributed by atoms with E-state index in [2.05, 4.69) is 39.8 Å². The number of nitrogen functional groups attached to an aromatic ring is 1. The van der Waals surface area contributed by atoms with Crippen molar-refractivity contribution in [3.05, 3.63) is 40.5 Å². The Hall–Kier alpha value is -1.88. The minimum absolute atomic E-state index is 0.379. The zero-order valence-electron chi connectivity index (χ0n) is 11.4. The number of aromatic nitrogens is 3. The van der Waals surface area contributed by atoms with Gasteiger partial charge in [0, 0.05) is 49.2 Å². The molecule has 100 valence electrons. The summed E-state index contributed by atoms with van der Waals surface area (Å²) in [5.74, 6) is 0.379. The van der Waals surface area contributed by atoms with Gasteiger partial charge in [-0.3, -0.25) is 4.90 Å². The molecule has 3 N–H and O–H groups in total. The number of nitrogens with one attached hydrogen (secondary N) is 1. The molecule has 0 aromatic carbocycles. The second kappa shape index (κ2) is 4.66.